The summed E-state index contributed by atoms with van der Waals surface area (Å²) in [5.74, 6) is 0.493. The summed E-state index contributed by atoms with van der Waals surface area (Å²) in [6.45, 7) is 1.22. The average molecular weight is 427 g/mol. The molecule has 1 aliphatic heterocycles. The Morgan fingerprint density at radius 3 is 3.00 bits per heavy atom. The van der Waals surface area contributed by atoms with Gasteiger partial charge in [-0.1, -0.05) is 23.7 Å². The second-order valence-corrected chi connectivity index (χ2v) is 7.61. The first-order valence-corrected chi connectivity index (χ1v) is 10.2. The van der Waals surface area contributed by atoms with Gasteiger partial charge in [0.25, 0.3) is 5.91 Å². The van der Waals surface area contributed by atoms with Crippen molar-refractivity contribution in [2.45, 2.75) is 18.5 Å². The number of hydrogen-bond donors (Lipinski definition) is 3. The van der Waals surface area contributed by atoms with Crippen molar-refractivity contribution in [3.05, 3.63) is 77.2 Å². The standard InChI is InChI=1S/C22H23ClN4O3/c23-17-3-1-2-15(10-17)20(13-28)26-22(29)16-5-8-27(12-16)19-4-7-24-21(11-19)25-18-6-9-30-14-18/h1-5,7-8,10-12,18,20,28H,6,9,13-14H2,(H,24,25)(H,26,29). The number of rotatable bonds is 7. The number of amides is 1. The van der Waals surface area contributed by atoms with Crippen LogP contribution < -0.4 is 10.6 Å². The zero-order chi connectivity index (χ0) is 20.9. The van der Waals surface area contributed by atoms with Gasteiger partial charge in [0, 0.05) is 36.3 Å². The lowest BCUT2D eigenvalue weighted by Gasteiger charge is -2.16. The molecule has 0 radical (unpaired) electrons. The van der Waals surface area contributed by atoms with Crippen LogP contribution in [0.15, 0.2) is 61.1 Å². The number of carbonyl (C=O) groups is 1. The number of pyridine rings is 1. The minimum absolute atomic E-state index is 0.225. The van der Waals surface area contributed by atoms with E-state index in [2.05, 4.69) is 15.6 Å². The predicted octanol–water partition coefficient (Wildman–Crippen LogP) is 3.19. The maximum Gasteiger partial charge on any atom is 0.253 e. The summed E-state index contributed by atoms with van der Waals surface area (Å²) in [5.41, 5.74) is 2.13. The first kappa shape index (κ1) is 20.4. The van der Waals surface area contributed by atoms with Crippen molar-refractivity contribution in [3.63, 3.8) is 0 Å². The fraction of sp³-hybridized carbons (Fsp3) is 0.273. The van der Waals surface area contributed by atoms with Crippen molar-refractivity contribution in [3.8, 4) is 5.69 Å². The summed E-state index contributed by atoms with van der Waals surface area (Å²) >= 11 is 6.02. The molecule has 0 saturated carbocycles. The molecule has 2 unspecified atom stereocenters. The van der Waals surface area contributed by atoms with E-state index in [1.54, 1.807) is 36.7 Å². The van der Waals surface area contributed by atoms with Gasteiger partial charge < -0.3 is 25.0 Å². The molecular formula is C22H23ClN4O3. The molecule has 3 N–H and O–H groups in total. The molecule has 1 fully saturated rings. The number of aliphatic hydroxyl groups is 1. The Morgan fingerprint density at radius 1 is 1.33 bits per heavy atom. The van der Waals surface area contributed by atoms with Gasteiger partial charge >= 0.3 is 0 Å². The molecule has 1 aromatic carbocycles. The lowest BCUT2D eigenvalue weighted by molar-refractivity contribution is 0.0916. The number of benzene rings is 1. The molecule has 1 aliphatic rings. The van der Waals surface area contributed by atoms with Crippen molar-refractivity contribution in [2.75, 3.05) is 25.1 Å². The third-order valence-electron chi connectivity index (χ3n) is 5.02. The molecule has 0 spiro atoms. The Hall–Kier alpha value is -2.87. The Bertz CT molecular complexity index is 1020. The van der Waals surface area contributed by atoms with Crippen LogP contribution in [-0.4, -0.2) is 46.4 Å². The smallest absolute Gasteiger partial charge is 0.253 e. The molecular weight excluding hydrogens is 404 g/mol. The van der Waals surface area contributed by atoms with Gasteiger partial charge in [-0.2, -0.15) is 0 Å². The third-order valence-corrected chi connectivity index (χ3v) is 5.25. The second-order valence-electron chi connectivity index (χ2n) is 7.18. The summed E-state index contributed by atoms with van der Waals surface area (Å²) in [6.07, 6.45) is 6.26. The van der Waals surface area contributed by atoms with Crippen LogP contribution in [0.1, 0.15) is 28.4 Å². The second kappa shape index (κ2) is 9.30. The molecule has 156 valence electrons. The minimum atomic E-state index is -0.537. The number of nitrogens with zero attached hydrogens (tertiary/aromatic N) is 2. The van der Waals surface area contributed by atoms with Crippen LogP contribution in [-0.2, 0) is 4.74 Å². The van der Waals surface area contributed by atoms with Crippen molar-refractivity contribution < 1.29 is 14.6 Å². The van der Waals surface area contributed by atoms with E-state index in [0.29, 0.717) is 17.2 Å². The lowest BCUT2D eigenvalue weighted by atomic mass is 10.1. The summed E-state index contributed by atoms with van der Waals surface area (Å²) in [5, 5.41) is 16.5. The molecule has 7 nitrogen and oxygen atoms in total. The molecule has 2 aromatic heterocycles. The van der Waals surface area contributed by atoms with Gasteiger partial charge in [0.2, 0.25) is 0 Å². The molecule has 8 heteroatoms. The molecule has 0 bridgehead atoms. The molecule has 3 aromatic rings. The molecule has 1 saturated heterocycles. The normalized spacial score (nSPS) is 16.9. The van der Waals surface area contributed by atoms with Crippen LogP contribution in [0.4, 0.5) is 5.82 Å². The monoisotopic (exact) mass is 426 g/mol. The average Bonchev–Trinajstić information content (AvgIpc) is 3.44. The first-order valence-electron chi connectivity index (χ1n) is 9.78. The van der Waals surface area contributed by atoms with Crippen LogP contribution in [0, 0.1) is 0 Å². The van der Waals surface area contributed by atoms with E-state index in [9.17, 15) is 9.90 Å². The van der Waals surface area contributed by atoms with Gasteiger partial charge in [0.15, 0.2) is 0 Å². The molecule has 3 heterocycles. The van der Waals surface area contributed by atoms with Gasteiger partial charge in [0.1, 0.15) is 5.82 Å². The summed E-state index contributed by atoms with van der Waals surface area (Å²) in [6, 6.07) is 12.4. The van der Waals surface area contributed by atoms with Crippen molar-refractivity contribution in [2.24, 2.45) is 0 Å². The third kappa shape index (κ3) is 4.81. The van der Waals surface area contributed by atoms with E-state index in [0.717, 1.165) is 30.1 Å². The number of aliphatic hydroxyl groups excluding tert-OH is 1. The van der Waals surface area contributed by atoms with Crippen LogP contribution in [0.25, 0.3) is 5.69 Å². The predicted molar refractivity (Wildman–Crippen MR) is 115 cm³/mol. The highest BCUT2D eigenvalue weighted by molar-refractivity contribution is 6.30. The summed E-state index contributed by atoms with van der Waals surface area (Å²) < 4.78 is 7.25. The lowest BCUT2D eigenvalue weighted by Crippen LogP contribution is -2.30. The number of halogens is 1. The highest BCUT2D eigenvalue weighted by Crippen LogP contribution is 2.20. The Labute approximate surface area is 179 Å². The zero-order valence-electron chi connectivity index (χ0n) is 16.3. The summed E-state index contributed by atoms with van der Waals surface area (Å²) in [4.78, 5) is 17.1. The Morgan fingerprint density at radius 2 is 2.23 bits per heavy atom. The number of aromatic nitrogens is 2. The fourth-order valence-electron chi connectivity index (χ4n) is 3.41. The molecule has 0 aliphatic carbocycles. The van der Waals surface area contributed by atoms with Crippen molar-refractivity contribution in [1.82, 2.24) is 14.9 Å². The molecule has 4 rings (SSSR count). The van der Waals surface area contributed by atoms with E-state index < -0.39 is 6.04 Å². The van der Waals surface area contributed by atoms with Crippen molar-refractivity contribution >= 4 is 23.3 Å². The van der Waals surface area contributed by atoms with Gasteiger partial charge in [-0.3, -0.25) is 4.79 Å². The van der Waals surface area contributed by atoms with Crippen LogP contribution >= 0.6 is 11.6 Å². The summed E-state index contributed by atoms with van der Waals surface area (Å²) in [7, 11) is 0. The van der Waals surface area contributed by atoms with E-state index in [1.165, 1.54) is 0 Å². The van der Waals surface area contributed by atoms with Crippen LogP contribution in [0.2, 0.25) is 5.02 Å². The molecule has 30 heavy (non-hydrogen) atoms. The highest BCUT2D eigenvalue weighted by atomic mass is 35.5. The topological polar surface area (TPSA) is 88.4 Å². The SMILES string of the molecule is O=C(NC(CO)c1cccc(Cl)c1)c1ccn(-c2ccnc(NC3CCOC3)c2)c1. The zero-order valence-corrected chi connectivity index (χ0v) is 17.0. The van der Waals surface area contributed by atoms with Gasteiger partial charge in [-0.25, -0.2) is 4.98 Å². The number of hydrogen-bond acceptors (Lipinski definition) is 5. The Balaban J connectivity index is 1.46. The number of anilines is 1. The van der Waals surface area contributed by atoms with E-state index in [-0.39, 0.29) is 18.6 Å². The largest absolute Gasteiger partial charge is 0.394 e. The Kier molecular flexibility index (Phi) is 6.32. The van der Waals surface area contributed by atoms with Crippen molar-refractivity contribution in [1.29, 1.82) is 0 Å². The van der Waals surface area contributed by atoms with Gasteiger partial charge in [-0.15, -0.1) is 0 Å². The van der Waals surface area contributed by atoms with E-state index >= 15 is 0 Å². The van der Waals surface area contributed by atoms with Crippen LogP contribution in [0.5, 0.6) is 0 Å². The maximum atomic E-state index is 12.7. The van der Waals surface area contributed by atoms with Gasteiger partial charge in [0.05, 0.1) is 36.5 Å². The van der Waals surface area contributed by atoms with E-state index in [1.807, 2.05) is 29.0 Å². The fourth-order valence-corrected chi connectivity index (χ4v) is 3.61. The number of ether oxygens (including phenoxy) is 1. The number of carbonyl (C=O) groups excluding carboxylic acids is 1. The van der Waals surface area contributed by atoms with Gasteiger partial charge in [-0.05, 0) is 36.2 Å². The van der Waals surface area contributed by atoms with Crippen LogP contribution in [0.3, 0.4) is 0 Å². The highest BCUT2D eigenvalue weighted by Gasteiger charge is 2.17. The quantitative estimate of drug-likeness (QED) is 0.540. The number of nitrogens with one attached hydrogen (secondary N) is 2. The van der Waals surface area contributed by atoms with E-state index in [4.69, 9.17) is 16.3 Å². The minimum Gasteiger partial charge on any atom is -0.394 e. The molecule has 1 amide bonds. The molecule has 2 atom stereocenters. The maximum absolute atomic E-state index is 12.7. The first-order chi connectivity index (χ1) is 14.6.